The predicted molar refractivity (Wildman–Crippen MR) is 91.7 cm³/mol. The van der Waals surface area contributed by atoms with Crippen molar-refractivity contribution in [2.45, 2.75) is 32.1 Å². The molecule has 0 spiro atoms. The average molecular weight is 330 g/mol. The number of rotatable bonds is 6. The van der Waals surface area contributed by atoms with Crippen molar-refractivity contribution in [1.82, 2.24) is 10.2 Å². The second kappa shape index (κ2) is 7.69. The number of amides is 2. The van der Waals surface area contributed by atoms with Crippen LogP contribution in [0.2, 0.25) is 0 Å². The number of hydrogen-bond donors (Lipinski definition) is 1. The highest BCUT2D eigenvalue weighted by atomic mass is 16.5. The van der Waals surface area contributed by atoms with Gasteiger partial charge >= 0.3 is 0 Å². The number of likely N-dealkylation sites (tertiary alicyclic amines) is 1. The lowest BCUT2D eigenvalue weighted by atomic mass is 9.95. The summed E-state index contributed by atoms with van der Waals surface area (Å²) in [5.41, 5.74) is 1.18. The van der Waals surface area contributed by atoms with Gasteiger partial charge in [0.25, 0.3) is 0 Å². The number of benzene rings is 1. The zero-order valence-corrected chi connectivity index (χ0v) is 14.3. The molecular formula is C19H26N2O3. The fourth-order valence-electron chi connectivity index (χ4n) is 3.22. The van der Waals surface area contributed by atoms with E-state index < -0.39 is 0 Å². The van der Waals surface area contributed by atoms with E-state index in [0.29, 0.717) is 12.5 Å². The third kappa shape index (κ3) is 4.28. The van der Waals surface area contributed by atoms with Crippen molar-refractivity contribution in [3.05, 3.63) is 29.8 Å². The predicted octanol–water partition coefficient (Wildman–Crippen LogP) is 2.00. The molecule has 5 nitrogen and oxygen atoms in total. The molecule has 130 valence electrons. The van der Waals surface area contributed by atoms with Crippen molar-refractivity contribution in [2.75, 3.05) is 26.7 Å². The summed E-state index contributed by atoms with van der Waals surface area (Å²) >= 11 is 0. The molecule has 1 saturated heterocycles. The standard InChI is InChI=1S/C19H26N2O3/c1-24-17-6-2-14(3-7-17)8-11-20-18(22)15-9-12-21(13-10-15)19(23)16-4-5-16/h2-3,6-7,15-16H,4-5,8-13H2,1H3,(H,20,22). The number of nitrogens with zero attached hydrogens (tertiary/aromatic N) is 1. The number of hydrogen-bond acceptors (Lipinski definition) is 3. The molecule has 0 bridgehead atoms. The van der Waals surface area contributed by atoms with Crippen LogP contribution in [0.25, 0.3) is 0 Å². The molecule has 0 unspecified atom stereocenters. The third-order valence-electron chi connectivity index (χ3n) is 4.98. The first-order valence-electron chi connectivity index (χ1n) is 8.87. The molecule has 5 heteroatoms. The van der Waals surface area contributed by atoms with Crippen LogP contribution in [0.3, 0.4) is 0 Å². The molecule has 0 radical (unpaired) electrons. The van der Waals surface area contributed by atoms with Crippen molar-refractivity contribution in [1.29, 1.82) is 0 Å². The van der Waals surface area contributed by atoms with Crippen molar-refractivity contribution >= 4 is 11.8 Å². The zero-order chi connectivity index (χ0) is 16.9. The number of carbonyl (C=O) groups excluding carboxylic acids is 2. The first kappa shape index (κ1) is 16.8. The van der Waals surface area contributed by atoms with Crippen LogP contribution in [0, 0.1) is 11.8 Å². The van der Waals surface area contributed by atoms with Gasteiger partial charge in [-0.15, -0.1) is 0 Å². The van der Waals surface area contributed by atoms with Gasteiger partial charge in [-0.05, 0) is 49.8 Å². The first-order valence-corrected chi connectivity index (χ1v) is 8.87. The Hall–Kier alpha value is -2.04. The summed E-state index contributed by atoms with van der Waals surface area (Å²) in [5, 5.41) is 3.03. The van der Waals surface area contributed by atoms with E-state index in [2.05, 4.69) is 5.32 Å². The molecule has 1 aromatic carbocycles. The Morgan fingerprint density at radius 3 is 2.33 bits per heavy atom. The van der Waals surface area contributed by atoms with Gasteiger partial charge in [0.05, 0.1) is 7.11 Å². The minimum Gasteiger partial charge on any atom is -0.497 e. The van der Waals surface area contributed by atoms with Gasteiger partial charge in [-0.2, -0.15) is 0 Å². The van der Waals surface area contributed by atoms with Crippen LogP contribution in [0.15, 0.2) is 24.3 Å². The second-order valence-electron chi connectivity index (χ2n) is 6.76. The summed E-state index contributed by atoms with van der Waals surface area (Å²) in [6.45, 7) is 2.10. The van der Waals surface area contributed by atoms with Crippen molar-refractivity contribution in [3.63, 3.8) is 0 Å². The Kier molecular flexibility index (Phi) is 5.38. The van der Waals surface area contributed by atoms with Crippen LogP contribution in [-0.4, -0.2) is 43.5 Å². The molecule has 2 fully saturated rings. The second-order valence-corrected chi connectivity index (χ2v) is 6.76. The number of ether oxygens (including phenoxy) is 1. The van der Waals surface area contributed by atoms with E-state index >= 15 is 0 Å². The molecule has 0 atom stereocenters. The molecule has 2 amide bonds. The lowest BCUT2D eigenvalue weighted by Gasteiger charge is -2.31. The smallest absolute Gasteiger partial charge is 0.225 e. The van der Waals surface area contributed by atoms with E-state index in [9.17, 15) is 9.59 Å². The monoisotopic (exact) mass is 330 g/mol. The number of nitrogens with one attached hydrogen (secondary N) is 1. The molecule has 1 aliphatic carbocycles. The topological polar surface area (TPSA) is 58.6 Å². The highest BCUT2D eigenvalue weighted by molar-refractivity contribution is 5.82. The van der Waals surface area contributed by atoms with Gasteiger partial charge in [0, 0.05) is 31.5 Å². The fourth-order valence-corrected chi connectivity index (χ4v) is 3.22. The molecule has 24 heavy (non-hydrogen) atoms. The Labute approximate surface area is 143 Å². The van der Waals surface area contributed by atoms with Crippen LogP contribution in [0.1, 0.15) is 31.2 Å². The van der Waals surface area contributed by atoms with Gasteiger partial charge < -0.3 is 15.0 Å². The molecular weight excluding hydrogens is 304 g/mol. The van der Waals surface area contributed by atoms with Crippen molar-refractivity contribution in [2.24, 2.45) is 11.8 Å². The quantitative estimate of drug-likeness (QED) is 0.868. The van der Waals surface area contributed by atoms with Crippen LogP contribution >= 0.6 is 0 Å². The lowest BCUT2D eigenvalue weighted by Crippen LogP contribution is -2.43. The van der Waals surface area contributed by atoms with E-state index in [0.717, 1.165) is 50.9 Å². The van der Waals surface area contributed by atoms with Gasteiger partial charge in [0.2, 0.25) is 11.8 Å². The number of piperidine rings is 1. The van der Waals surface area contributed by atoms with Gasteiger partial charge in [-0.3, -0.25) is 9.59 Å². The van der Waals surface area contributed by atoms with Crippen LogP contribution in [0.5, 0.6) is 5.75 Å². The summed E-state index contributed by atoms with van der Waals surface area (Å²) in [7, 11) is 1.65. The minimum atomic E-state index is 0.0455. The molecule has 1 saturated carbocycles. The highest BCUT2D eigenvalue weighted by Gasteiger charge is 2.35. The largest absolute Gasteiger partial charge is 0.497 e. The maximum Gasteiger partial charge on any atom is 0.225 e. The van der Waals surface area contributed by atoms with Crippen LogP contribution in [-0.2, 0) is 16.0 Å². The van der Waals surface area contributed by atoms with Crippen LogP contribution < -0.4 is 10.1 Å². The summed E-state index contributed by atoms with van der Waals surface area (Å²) < 4.78 is 5.14. The lowest BCUT2D eigenvalue weighted by molar-refractivity contribution is -0.136. The van der Waals surface area contributed by atoms with Gasteiger partial charge in [-0.25, -0.2) is 0 Å². The minimum absolute atomic E-state index is 0.0455. The normalized spacial score (nSPS) is 18.3. The molecule has 1 N–H and O–H groups in total. The number of methoxy groups -OCH3 is 1. The molecule has 1 aliphatic heterocycles. The van der Waals surface area contributed by atoms with Gasteiger partial charge in [0.1, 0.15) is 5.75 Å². The van der Waals surface area contributed by atoms with E-state index in [4.69, 9.17) is 4.74 Å². The maximum atomic E-state index is 12.3. The van der Waals surface area contributed by atoms with E-state index in [1.165, 1.54) is 5.56 Å². The summed E-state index contributed by atoms with van der Waals surface area (Å²) in [6.07, 6.45) is 4.48. The Morgan fingerprint density at radius 2 is 1.75 bits per heavy atom. The van der Waals surface area contributed by atoms with Crippen molar-refractivity contribution in [3.8, 4) is 5.75 Å². The van der Waals surface area contributed by atoms with E-state index in [1.807, 2.05) is 29.2 Å². The van der Waals surface area contributed by atoms with Gasteiger partial charge in [-0.1, -0.05) is 12.1 Å². The molecule has 1 heterocycles. The first-order chi connectivity index (χ1) is 11.7. The summed E-state index contributed by atoms with van der Waals surface area (Å²) in [4.78, 5) is 26.2. The zero-order valence-electron chi connectivity index (χ0n) is 14.3. The Balaban J connectivity index is 1.37. The van der Waals surface area contributed by atoms with Gasteiger partial charge in [0.15, 0.2) is 0 Å². The average Bonchev–Trinajstić information content (AvgIpc) is 3.47. The Morgan fingerprint density at radius 1 is 1.08 bits per heavy atom. The van der Waals surface area contributed by atoms with Crippen LogP contribution in [0.4, 0.5) is 0 Å². The Bertz CT molecular complexity index is 573. The van der Waals surface area contributed by atoms with Crippen molar-refractivity contribution < 1.29 is 14.3 Å². The maximum absolute atomic E-state index is 12.3. The molecule has 0 aromatic heterocycles. The summed E-state index contributed by atoms with van der Waals surface area (Å²) in [6, 6.07) is 7.91. The highest BCUT2D eigenvalue weighted by Crippen LogP contribution is 2.32. The third-order valence-corrected chi connectivity index (χ3v) is 4.98. The van der Waals surface area contributed by atoms with E-state index in [-0.39, 0.29) is 17.7 Å². The fraction of sp³-hybridized carbons (Fsp3) is 0.579. The van der Waals surface area contributed by atoms with E-state index in [1.54, 1.807) is 7.11 Å². The molecule has 3 rings (SSSR count). The SMILES string of the molecule is COc1ccc(CCNC(=O)C2CCN(C(=O)C3CC3)CC2)cc1. The number of carbonyl (C=O) groups is 2. The molecule has 1 aromatic rings. The molecule has 2 aliphatic rings. The summed E-state index contributed by atoms with van der Waals surface area (Å²) in [5.74, 6) is 1.59.